The molecule has 0 spiro atoms. The minimum atomic E-state index is -1.70. The zero-order chi connectivity index (χ0) is 25.7. The second-order valence-electron chi connectivity index (χ2n) is 9.56. The van der Waals surface area contributed by atoms with Crippen molar-refractivity contribution in [3.63, 3.8) is 0 Å². The van der Waals surface area contributed by atoms with Gasteiger partial charge in [0, 0.05) is 49.2 Å². The molecule has 0 unspecified atom stereocenters. The summed E-state index contributed by atoms with van der Waals surface area (Å²) in [5, 5.41) is 10.0. The Balaban J connectivity index is 1.48. The summed E-state index contributed by atoms with van der Waals surface area (Å²) in [6, 6.07) is 11.7. The molecule has 0 bridgehead atoms. The number of alkyl halides is 1. The Morgan fingerprint density at radius 3 is 2.68 bits per heavy atom. The van der Waals surface area contributed by atoms with Gasteiger partial charge in [-0.1, -0.05) is 18.2 Å². The van der Waals surface area contributed by atoms with Gasteiger partial charge in [0.15, 0.2) is 11.3 Å². The number of hydrogen-bond donors (Lipinski definition) is 0. The lowest BCUT2D eigenvalue weighted by Crippen LogP contribution is -2.56. The van der Waals surface area contributed by atoms with Gasteiger partial charge in [-0.2, -0.15) is 5.26 Å². The predicted octanol–water partition coefficient (Wildman–Crippen LogP) is 4.03. The molecule has 4 aromatic rings. The molecular formula is C27H23F2N7O. The average Bonchev–Trinajstić information content (AvgIpc) is 3.56. The number of carbonyl (C=O) groups excluding carboxylic acids is 1. The van der Waals surface area contributed by atoms with Gasteiger partial charge in [-0.15, -0.1) is 0 Å². The van der Waals surface area contributed by atoms with E-state index in [4.69, 9.17) is 0 Å². The van der Waals surface area contributed by atoms with Gasteiger partial charge in [-0.3, -0.25) is 9.36 Å². The molecular weight excluding hydrogens is 476 g/mol. The highest BCUT2D eigenvalue weighted by atomic mass is 19.1. The summed E-state index contributed by atoms with van der Waals surface area (Å²) in [7, 11) is 0. The third-order valence-electron chi connectivity index (χ3n) is 7.11. The van der Waals surface area contributed by atoms with Gasteiger partial charge in [0.25, 0.3) is 5.91 Å². The number of hydrogen-bond acceptors (Lipinski definition) is 6. The van der Waals surface area contributed by atoms with Gasteiger partial charge < -0.3 is 9.80 Å². The summed E-state index contributed by atoms with van der Waals surface area (Å²) >= 11 is 0. The number of piperazine rings is 1. The number of nitrogens with zero attached hydrogens (tertiary/aromatic N) is 7. The second kappa shape index (κ2) is 8.62. The maximum absolute atomic E-state index is 15.0. The minimum Gasteiger partial charge on any atom is -0.350 e. The molecule has 1 saturated heterocycles. The van der Waals surface area contributed by atoms with Crippen molar-refractivity contribution >= 4 is 22.8 Å². The second-order valence-corrected chi connectivity index (χ2v) is 9.56. The Hall–Kier alpha value is -4.39. The van der Waals surface area contributed by atoms with Gasteiger partial charge >= 0.3 is 0 Å². The molecule has 1 atom stereocenters. The van der Waals surface area contributed by atoms with Crippen LogP contribution in [0.3, 0.4) is 0 Å². The smallest absolute Gasteiger partial charge is 0.260 e. The number of halogens is 2. The van der Waals surface area contributed by atoms with Crippen molar-refractivity contribution in [2.24, 2.45) is 0 Å². The summed E-state index contributed by atoms with van der Waals surface area (Å²) in [6.07, 6.45) is 5.31. The first-order valence-electron chi connectivity index (χ1n) is 12.1. The average molecular weight is 500 g/mol. The third-order valence-corrected chi connectivity index (χ3v) is 7.11. The van der Waals surface area contributed by atoms with E-state index in [0.717, 1.165) is 0 Å². The molecule has 1 aliphatic heterocycles. The summed E-state index contributed by atoms with van der Waals surface area (Å²) in [5.74, 6) is 0.238. The zero-order valence-electron chi connectivity index (χ0n) is 20.1. The van der Waals surface area contributed by atoms with Crippen molar-refractivity contribution < 1.29 is 13.6 Å². The van der Waals surface area contributed by atoms with Crippen molar-refractivity contribution in [3.05, 3.63) is 66.5 Å². The Labute approximate surface area is 211 Å². The van der Waals surface area contributed by atoms with Crippen LogP contribution in [-0.2, 0) is 4.79 Å². The third kappa shape index (κ3) is 3.87. The fourth-order valence-electron chi connectivity index (χ4n) is 5.01. The lowest BCUT2D eigenvalue weighted by molar-refractivity contribution is -0.138. The van der Waals surface area contributed by atoms with Crippen LogP contribution in [0, 0.1) is 17.1 Å². The van der Waals surface area contributed by atoms with Crippen LogP contribution in [0.5, 0.6) is 0 Å². The summed E-state index contributed by atoms with van der Waals surface area (Å²) in [6.45, 7) is 3.13. The largest absolute Gasteiger partial charge is 0.350 e. The number of fused-ring (bicyclic) bond motifs is 1. The lowest BCUT2D eigenvalue weighted by atomic mass is 10.0. The van der Waals surface area contributed by atoms with Crippen LogP contribution in [0.15, 0.2) is 55.1 Å². The molecule has 2 aliphatic rings. The first kappa shape index (κ1) is 23.0. The maximum Gasteiger partial charge on any atom is 0.260 e. The van der Waals surface area contributed by atoms with Crippen molar-refractivity contribution in [2.75, 3.05) is 24.5 Å². The number of aromatic nitrogens is 4. The molecule has 8 nitrogen and oxygen atoms in total. The molecule has 2 fully saturated rings. The van der Waals surface area contributed by atoms with E-state index >= 15 is 4.39 Å². The van der Waals surface area contributed by atoms with E-state index < -0.39 is 17.4 Å². The number of amides is 1. The highest BCUT2D eigenvalue weighted by molar-refractivity contribution is 6.02. The molecule has 0 N–H and O–H groups in total. The van der Waals surface area contributed by atoms with Crippen LogP contribution in [0.1, 0.15) is 25.3 Å². The van der Waals surface area contributed by atoms with Crippen LogP contribution in [0.25, 0.3) is 28.0 Å². The first-order valence-corrected chi connectivity index (χ1v) is 12.1. The van der Waals surface area contributed by atoms with E-state index in [1.165, 1.54) is 12.4 Å². The molecule has 186 valence electrons. The van der Waals surface area contributed by atoms with Crippen molar-refractivity contribution in [1.29, 1.82) is 5.26 Å². The number of pyridine rings is 1. The number of rotatable bonds is 4. The van der Waals surface area contributed by atoms with E-state index in [0.29, 0.717) is 59.0 Å². The van der Waals surface area contributed by atoms with Crippen LogP contribution >= 0.6 is 0 Å². The molecule has 1 aromatic carbocycles. The van der Waals surface area contributed by atoms with Gasteiger partial charge in [-0.25, -0.2) is 23.7 Å². The quantitative estimate of drug-likeness (QED) is 0.421. The van der Waals surface area contributed by atoms with Gasteiger partial charge in [-0.05, 0) is 38.0 Å². The number of nitriles is 1. The van der Waals surface area contributed by atoms with Crippen molar-refractivity contribution in [3.8, 4) is 23.0 Å². The molecule has 6 rings (SSSR count). The van der Waals surface area contributed by atoms with Gasteiger partial charge in [0.1, 0.15) is 23.8 Å². The van der Waals surface area contributed by atoms with Crippen LogP contribution < -0.4 is 4.90 Å². The SMILES string of the molecule is C[C@H]1CN(C(=O)C2(F)CC2)CCN1c1ncnc2c1c(-c1ccccc1F)cn2-c1cc(C#N)ccn1. The Morgan fingerprint density at radius 1 is 1.14 bits per heavy atom. The Morgan fingerprint density at radius 2 is 1.95 bits per heavy atom. The molecule has 10 heteroatoms. The molecule has 4 heterocycles. The summed E-state index contributed by atoms with van der Waals surface area (Å²) in [5.41, 5.74) is 0.207. The monoisotopic (exact) mass is 499 g/mol. The minimum absolute atomic E-state index is 0.157. The van der Waals surface area contributed by atoms with E-state index in [1.54, 1.807) is 52.2 Å². The van der Waals surface area contributed by atoms with Gasteiger partial charge in [0.05, 0.1) is 17.0 Å². The maximum atomic E-state index is 15.0. The number of benzene rings is 1. The highest BCUT2D eigenvalue weighted by Gasteiger charge is 2.53. The van der Waals surface area contributed by atoms with E-state index in [-0.39, 0.29) is 18.9 Å². The van der Waals surface area contributed by atoms with Crippen LogP contribution in [0.4, 0.5) is 14.6 Å². The topological polar surface area (TPSA) is 90.9 Å². The van der Waals surface area contributed by atoms with Crippen molar-refractivity contribution in [1.82, 2.24) is 24.4 Å². The zero-order valence-corrected chi connectivity index (χ0v) is 20.1. The standard InChI is InChI=1S/C27H23F2N7O/c1-17-14-34(26(37)27(29)7-8-27)10-11-35(17)24-23-20(19-4-2-3-5-21(19)28)15-36(25(23)33-16-32-24)22-12-18(13-30)6-9-31-22/h2-6,9,12,15-17H,7-8,10-11,14H2,1H3/t17-/m0/s1. The van der Waals surface area contributed by atoms with Crippen LogP contribution in [0.2, 0.25) is 0 Å². The number of anilines is 1. The fourth-order valence-corrected chi connectivity index (χ4v) is 5.01. The van der Waals surface area contributed by atoms with E-state index in [1.807, 2.05) is 6.92 Å². The summed E-state index contributed by atoms with van der Waals surface area (Å²) < 4.78 is 31.2. The molecule has 1 amide bonds. The summed E-state index contributed by atoms with van der Waals surface area (Å²) in [4.78, 5) is 29.8. The fraction of sp³-hybridized carbons (Fsp3) is 0.296. The highest BCUT2D eigenvalue weighted by Crippen LogP contribution is 2.42. The normalized spacial score (nSPS) is 18.6. The molecule has 0 radical (unpaired) electrons. The number of carbonyl (C=O) groups is 1. The Kier molecular flexibility index (Phi) is 5.37. The first-order chi connectivity index (χ1) is 17.9. The molecule has 3 aromatic heterocycles. The van der Waals surface area contributed by atoms with E-state index in [2.05, 4.69) is 25.9 Å². The van der Waals surface area contributed by atoms with Crippen LogP contribution in [-0.4, -0.2) is 61.7 Å². The predicted molar refractivity (Wildman–Crippen MR) is 133 cm³/mol. The molecule has 37 heavy (non-hydrogen) atoms. The molecule has 1 aliphatic carbocycles. The van der Waals surface area contributed by atoms with E-state index in [9.17, 15) is 14.4 Å². The lowest BCUT2D eigenvalue weighted by Gasteiger charge is -2.41. The van der Waals surface area contributed by atoms with Gasteiger partial charge in [0.2, 0.25) is 0 Å². The molecule has 1 saturated carbocycles. The van der Waals surface area contributed by atoms with Crippen molar-refractivity contribution in [2.45, 2.75) is 31.5 Å². The Bertz CT molecular complexity index is 1570.